The molecule has 0 aromatic heterocycles. The van der Waals surface area contributed by atoms with Crippen LogP contribution in [0, 0.1) is 0 Å². The molecular weight excluding hydrogens is 340 g/mol. The number of para-hydroxylation sites is 1. The Balaban J connectivity index is 1.86. The quantitative estimate of drug-likeness (QED) is 0.449. The molecule has 0 radical (unpaired) electrons. The van der Waals surface area contributed by atoms with Gasteiger partial charge in [-0.2, -0.15) is 0 Å². The molecule has 27 heavy (non-hydrogen) atoms. The summed E-state index contributed by atoms with van der Waals surface area (Å²) in [6.07, 6.45) is 4.06. The van der Waals surface area contributed by atoms with Gasteiger partial charge in [-0.3, -0.25) is 14.6 Å². The third-order valence-electron chi connectivity index (χ3n) is 4.42. The van der Waals surface area contributed by atoms with Gasteiger partial charge in [0, 0.05) is 11.4 Å². The zero-order valence-corrected chi connectivity index (χ0v) is 15.4. The summed E-state index contributed by atoms with van der Waals surface area (Å²) in [6, 6.07) is 18.7. The predicted molar refractivity (Wildman–Crippen MR) is 107 cm³/mol. The van der Waals surface area contributed by atoms with E-state index in [1.807, 2.05) is 72.8 Å². The van der Waals surface area contributed by atoms with Crippen molar-refractivity contribution in [1.82, 2.24) is 0 Å². The molecule has 1 amide bonds. The standard InChI is InChI=1S/C22H22N2O3/c1-16(15-20(25)27-2)23-21-19(14-13-17-9-5-3-6-10-17)24(22(21)26)18-11-7-4-8-12-18/h3-14,19,21H,15H2,1-2H3/t19-,21+/m0/s1. The first-order chi connectivity index (χ1) is 13.1. The number of amides is 1. The molecule has 2 atom stereocenters. The van der Waals surface area contributed by atoms with Gasteiger partial charge < -0.3 is 9.64 Å². The minimum absolute atomic E-state index is 0.0758. The lowest BCUT2D eigenvalue weighted by Crippen LogP contribution is -2.63. The van der Waals surface area contributed by atoms with E-state index in [1.165, 1.54) is 7.11 Å². The second-order valence-corrected chi connectivity index (χ2v) is 6.37. The molecule has 1 heterocycles. The fourth-order valence-corrected chi connectivity index (χ4v) is 3.04. The van der Waals surface area contributed by atoms with Gasteiger partial charge in [0.2, 0.25) is 0 Å². The Labute approximate surface area is 159 Å². The number of methoxy groups -OCH3 is 1. The monoisotopic (exact) mass is 362 g/mol. The van der Waals surface area contributed by atoms with Crippen LogP contribution in [0.2, 0.25) is 0 Å². The minimum atomic E-state index is -0.533. The average Bonchev–Trinajstić information content (AvgIpc) is 2.70. The number of benzene rings is 2. The Hall–Kier alpha value is -3.21. The molecule has 0 aliphatic carbocycles. The number of β-lactam (4-membered cyclic amide) rings is 1. The molecule has 0 N–H and O–H groups in total. The van der Waals surface area contributed by atoms with Crippen molar-refractivity contribution in [2.75, 3.05) is 12.0 Å². The topological polar surface area (TPSA) is 59.0 Å². The summed E-state index contributed by atoms with van der Waals surface area (Å²) < 4.78 is 4.67. The molecule has 1 aliphatic rings. The van der Waals surface area contributed by atoms with Crippen molar-refractivity contribution < 1.29 is 14.3 Å². The number of hydrogen-bond donors (Lipinski definition) is 0. The Morgan fingerprint density at radius 1 is 1.11 bits per heavy atom. The van der Waals surface area contributed by atoms with E-state index in [0.29, 0.717) is 5.71 Å². The van der Waals surface area contributed by atoms with Gasteiger partial charge in [-0.05, 0) is 24.6 Å². The molecule has 2 aromatic rings. The highest BCUT2D eigenvalue weighted by Crippen LogP contribution is 2.31. The van der Waals surface area contributed by atoms with Crippen molar-refractivity contribution in [2.45, 2.75) is 25.4 Å². The van der Waals surface area contributed by atoms with Gasteiger partial charge in [0.15, 0.2) is 6.04 Å². The molecular formula is C22H22N2O3. The first kappa shape index (κ1) is 18.6. The highest BCUT2D eigenvalue weighted by molar-refractivity contribution is 6.08. The van der Waals surface area contributed by atoms with Crippen LogP contribution >= 0.6 is 0 Å². The second kappa shape index (κ2) is 8.45. The SMILES string of the molecule is COC(=O)CC(C)=N[C@H]1C(=O)N(c2ccccc2)[C@H]1C=Cc1ccccc1. The highest BCUT2D eigenvalue weighted by atomic mass is 16.5. The molecule has 5 nitrogen and oxygen atoms in total. The molecule has 0 spiro atoms. The van der Waals surface area contributed by atoms with Crippen LogP contribution < -0.4 is 4.90 Å². The van der Waals surface area contributed by atoms with Crippen molar-refractivity contribution in [1.29, 1.82) is 0 Å². The maximum Gasteiger partial charge on any atom is 0.311 e. The van der Waals surface area contributed by atoms with E-state index in [1.54, 1.807) is 11.8 Å². The van der Waals surface area contributed by atoms with Gasteiger partial charge in [0.1, 0.15) is 0 Å². The van der Waals surface area contributed by atoms with Crippen LogP contribution in [0.5, 0.6) is 0 Å². The Bertz CT molecular complexity index is 860. The number of nitrogens with zero attached hydrogens (tertiary/aromatic N) is 2. The Morgan fingerprint density at radius 3 is 2.37 bits per heavy atom. The molecule has 0 saturated carbocycles. The molecule has 0 bridgehead atoms. The van der Waals surface area contributed by atoms with Crippen LogP contribution in [0.3, 0.4) is 0 Å². The van der Waals surface area contributed by atoms with Crippen molar-refractivity contribution >= 4 is 29.4 Å². The van der Waals surface area contributed by atoms with E-state index in [2.05, 4.69) is 9.73 Å². The van der Waals surface area contributed by atoms with Gasteiger partial charge in [0.25, 0.3) is 5.91 Å². The maximum atomic E-state index is 12.7. The Kier molecular flexibility index (Phi) is 5.81. The molecule has 0 unspecified atom stereocenters. The van der Waals surface area contributed by atoms with Crippen molar-refractivity contribution in [3.05, 3.63) is 72.3 Å². The fourth-order valence-electron chi connectivity index (χ4n) is 3.04. The summed E-state index contributed by atoms with van der Waals surface area (Å²) in [4.78, 5) is 30.4. The summed E-state index contributed by atoms with van der Waals surface area (Å²) in [5.41, 5.74) is 2.48. The lowest BCUT2D eigenvalue weighted by Gasteiger charge is -2.44. The molecule has 1 aliphatic heterocycles. The molecule has 5 heteroatoms. The number of rotatable bonds is 6. The number of carbonyl (C=O) groups is 2. The van der Waals surface area contributed by atoms with Crippen LogP contribution in [0.25, 0.3) is 6.08 Å². The zero-order valence-electron chi connectivity index (χ0n) is 15.4. The summed E-state index contributed by atoms with van der Waals surface area (Å²) >= 11 is 0. The van der Waals surface area contributed by atoms with Crippen molar-refractivity contribution in [3.63, 3.8) is 0 Å². The van der Waals surface area contributed by atoms with E-state index in [9.17, 15) is 9.59 Å². The maximum absolute atomic E-state index is 12.7. The van der Waals surface area contributed by atoms with E-state index in [4.69, 9.17) is 0 Å². The molecule has 2 aromatic carbocycles. The third kappa shape index (κ3) is 4.31. The van der Waals surface area contributed by atoms with Crippen LogP contribution in [-0.4, -0.2) is 36.8 Å². The first-order valence-electron chi connectivity index (χ1n) is 8.81. The fraction of sp³-hybridized carbons (Fsp3) is 0.227. The van der Waals surface area contributed by atoms with Crippen LogP contribution in [0.4, 0.5) is 5.69 Å². The van der Waals surface area contributed by atoms with Crippen LogP contribution in [-0.2, 0) is 14.3 Å². The van der Waals surface area contributed by atoms with Gasteiger partial charge in [-0.15, -0.1) is 0 Å². The van der Waals surface area contributed by atoms with Crippen LogP contribution in [0.1, 0.15) is 18.9 Å². The number of hydrogen-bond acceptors (Lipinski definition) is 4. The number of anilines is 1. The smallest absolute Gasteiger partial charge is 0.311 e. The summed E-state index contributed by atoms with van der Waals surface area (Å²) in [7, 11) is 1.34. The van der Waals surface area contributed by atoms with Gasteiger partial charge >= 0.3 is 5.97 Å². The molecule has 1 fully saturated rings. The van der Waals surface area contributed by atoms with Gasteiger partial charge in [0.05, 0.1) is 19.6 Å². The first-order valence-corrected chi connectivity index (χ1v) is 8.81. The van der Waals surface area contributed by atoms with Crippen LogP contribution in [0.15, 0.2) is 71.7 Å². The number of esters is 1. The van der Waals surface area contributed by atoms with E-state index in [-0.39, 0.29) is 24.3 Å². The third-order valence-corrected chi connectivity index (χ3v) is 4.42. The largest absolute Gasteiger partial charge is 0.469 e. The number of ether oxygens (including phenoxy) is 1. The lowest BCUT2D eigenvalue weighted by atomic mass is 9.93. The average molecular weight is 362 g/mol. The van der Waals surface area contributed by atoms with Gasteiger partial charge in [-0.25, -0.2) is 0 Å². The van der Waals surface area contributed by atoms with E-state index < -0.39 is 6.04 Å². The summed E-state index contributed by atoms with van der Waals surface area (Å²) in [5.74, 6) is -0.438. The molecule has 1 saturated heterocycles. The highest BCUT2D eigenvalue weighted by Gasteiger charge is 2.46. The summed E-state index contributed by atoms with van der Waals surface area (Å²) in [5, 5.41) is 0. The number of aliphatic imine (C=N–C) groups is 1. The summed E-state index contributed by atoms with van der Waals surface area (Å²) in [6.45, 7) is 1.74. The Morgan fingerprint density at radius 2 is 1.74 bits per heavy atom. The van der Waals surface area contributed by atoms with E-state index >= 15 is 0 Å². The predicted octanol–water partition coefficient (Wildman–Crippen LogP) is 3.51. The second-order valence-electron chi connectivity index (χ2n) is 6.37. The van der Waals surface area contributed by atoms with E-state index in [0.717, 1.165) is 11.3 Å². The van der Waals surface area contributed by atoms with Gasteiger partial charge in [-0.1, -0.05) is 60.7 Å². The molecule has 3 rings (SSSR count). The molecule has 138 valence electrons. The van der Waals surface area contributed by atoms with Crippen molar-refractivity contribution in [3.8, 4) is 0 Å². The number of carbonyl (C=O) groups excluding carboxylic acids is 2. The normalized spacial score (nSPS) is 19.9. The zero-order chi connectivity index (χ0) is 19.2. The van der Waals surface area contributed by atoms with Crippen molar-refractivity contribution in [2.24, 2.45) is 4.99 Å². The minimum Gasteiger partial charge on any atom is -0.469 e. The lowest BCUT2D eigenvalue weighted by molar-refractivity contribution is -0.139.